The molecule has 5 nitrogen and oxygen atoms in total. The number of carbonyl (C=O) groups excluding carboxylic acids is 1. The molecule has 1 aliphatic rings. The number of hydrogen-bond donors (Lipinski definition) is 3. The Morgan fingerprint density at radius 2 is 2.20 bits per heavy atom. The molecule has 0 spiro atoms. The molecule has 1 heterocycles. The SMILES string of the molecule is CC(C)(C)OC(=O)NN[C@H]1CCCNC1. The van der Waals surface area contributed by atoms with Crippen molar-refractivity contribution in [3.63, 3.8) is 0 Å². The Kier molecular flexibility index (Phi) is 4.35. The second-order valence-corrected chi connectivity index (χ2v) is 4.81. The zero-order valence-electron chi connectivity index (χ0n) is 9.72. The zero-order valence-corrected chi connectivity index (χ0v) is 9.72. The number of nitrogens with one attached hydrogen (secondary N) is 3. The molecule has 0 unspecified atom stereocenters. The molecule has 1 amide bonds. The third kappa shape index (κ3) is 5.59. The molecular formula is C10H21N3O2. The van der Waals surface area contributed by atoms with Gasteiger partial charge in [0.1, 0.15) is 5.60 Å². The molecule has 0 aromatic heterocycles. The first-order chi connectivity index (χ1) is 6.97. The van der Waals surface area contributed by atoms with Crippen molar-refractivity contribution in [2.24, 2.45) is 0 Å². The quantitative estimate of drug-likeness (QED) is 0.595. The summed E-state index contributed by atoms with van der Waals surface area (Å²) in [5, 5.41) is 3.25. The van der Waals surface area contributed by atoms with Crippen LogP contribution in [0.1, 0.15) is 33.6 Å². The van der Waals surface area contributed by atoms with Crippen LogP contribution in [0.2, 0.25) is 0 Å². The van der Waals surface area contributed by atoms with Crippen LogP contribution < -0.4 is 16.2 Å². The fraction of sp³-hybridized carbons (Fsp3) is 0.900. The fourth-order valence-corrected chi connectivity index (χ4v) is 1.44. The van der Waals surface area contributed by atoms with Gasteiger partial charge < -0.3 is 10.1 Å². The van der Waals surface area contributed by atoms with Gasteiger partial charge in [0, 0.05) is 12.6 Å². The van der Waals surface area contributed by atoms with Crippen LogP contribution in [-0.4, -0.2) is 30.8 Å². The maximum Gasteiger partial charge on any atom is 0.422 e. The van der Waals surface area contributed by atoms with Gasteiger partial charge in [-0.3, -0.25) is 5.43 Å². The lowest BCUT2D eigenvalue weighted by atomic mass is 10.1. The molecule has 0 saturated carbocycles. The van der Waals surface area contributed by atoms with Crippen molar-refractivity contribution in [1.29, 1.82) is 0 Å². The summed E-state index contributed by atoms with van der Waals surface area (Å²) in [4.78, 5) is 11.3. The van der Waals surface area contributed by atoms with Crippen molar-refractivity contribution in [2.45, 2.75) is 45.3 Å². The lowest BCUT2D eigenvalue weighted by Crippen LogP contribution is -2.51. The van der Waals surface area contributed by atoms with Gasteiger partial charge in [-0.15, -0.1) is 0 Å². The molecule has 1 fully saturated rings. The van der Waals surface area contributed by atoms with Crippen LogP contribution in [0.3, 0.4) is 0 Å². The molecular weight excluding hydrogens is 194 g/mol. The number of carbonyl (C=O) groups is 1. The molecule has 0 radical (unpaired) electrons. The Morgan fingerprint density at radius 1 is 1.47 bits per heavy atom. The number of hydrogen-bond acceptors (Lipinski definition) is 4. The van der Waals surface area contributed by atoms with Crippen LogP contribution in [0.5, 0.6) is 0 Å². The van der Waals surface area contributed by atoms with Crippen molar-refractivity contribution >= 4 is 6.09 Å². The van der Waals surface area contributed by atoms with Crippen molar-refractivity contribution in [3.8, 4) is 0 Å². The van der Waals surface area contributed by atoms with Gasteiger partial charge in [-0.25, -0.2) is 10.2 Å². The second-order valence-electron chi connectivity index (χ2n) is 4.81. The Bertz CT molecular complexity index is 207. The molecule has 15 heavy (non-hydrogen) atoms. The van der Waals surface area contributed by atoms with E-state index in [1.54, 1.807) is 0 Å². The smallest absolute Gasteiger partial charge is 0.422 e. The van der Waals surface area contributed by atoms with Crippen LogP contribution in [0, 0.1) is 0 Å². The van der Waals surface area contributed by atoms with Crippen LogP contribution in [0.15, 0.2) is 0 Å². The minimum absolute atomic E-state index is 0.297. The summed E-state index contributed by atoms with van der Waals surface area (Å²) in [6.45, 7) is 7.47. The van der Waals surface area contributed by atoms with Crippen LogP contribution in [-0.2, 0) is 4.74 Å². The van der Waals surface area contributed by atoms with E-state index in [1.165, 1.54) is 0 Å². The summed E-state index contributed by atoms with van der Waals surface area (Å²) in [6, 6.07) is 0.297. The third-order valence-corrected chi connectivity index (χ3v) is 2.07. The monoisotopic (exact) mass is 215 g/mol. The summed E-state index contributed by atoms with van der Waals surface area (Å²) < 4.78 is 5.10. The molecule has 1 aliphatic heterocycles. The van der Waals surface area contributed by atoms with E-state index in [9.17, 15) is 4.79 Å². The Balaban J connectivity index is 2.15. The highest BCUT2D eigenvalue weighted by Crippen LogP contribution is 2.06. The van der Waals surface area contributed by atoms with Gasteiger partial charge in [-0.1, -0.05) is 0 Å². The average molecular weight is 215 g/mol. The molecule has 1 atom stereocenters. The van der Waals surface area contributed by atoms with E-state index in [0.717, 1.165) is 25.9 Å². The summed E-state index contributed by atoms with van der Waals surface area (Å²) in [7, 11) is 0. The highest BCUT2D eigenvalue weighted by Gasteiger charge is 2.17. The van der Waals surface area contributed by atoms with E-state index in [1.807, 2.05) is 20.8 Å². The topological polar surface area (TPSA) is 62.4 Å². The Hall–Kier alpha value is -0.810. The summed E-state index contributed by atoms with van der Waals surface area (Å²) in [5.74, 6) is 0. The minimum Gasteiger partial charge on any atom is -0.443 e. The number of hydrazine groups is 1. The van der Waals surface area contributed by atoms with Gasteiger partial charge >= 0.3 is 6.09 Å². The van der Waals surface area contributed by atoms with Crippen LogP contribution in [0.25, 0.3) is 0 Å². The molecule has 0 aliphatic carbocycles. The highest BCUT2D eigenvalue weighted by molar-refractivity contribution is 5.67. The van der Waals surface area contributed by atoms with Gasteiger partial charge in [0.05, 0.1) is 0 Å². The number of amides is 1. The molecule has 0 aromatic carbocycles. The molecule has 88 valence electrons. The van der Waals surface area contributed by atoms with E-state index >= 15 is 0 Å². The van der Waals surface area contributed by atoms with Crippen molar-refractivity contribution in [2.75, 3.05) is 13.1 Å². The van der Waals surface area contributed by atoms with Gasteiger partial charge in [0.25, 0.3) is 0 Å². The highest BCUT2D eigenvalue weighted by atomic mass is 16.6. The first-order valence-electron chi connectivity index (χ1n) is 5.42. The van der Waals surface area contributed by atoms with Crippen molar-refractivity contribution in [3.05, 3.63) is 0 Å². The lowest BCUT2D eigenvalue weighted by molar-refractivity contribution is 0.0484. The molecule has 1 saturated heterocycles. The molecule has 0 aromatic rings. The first-order valence-corrected chi connectivity index (χ1v) is 5.42. The minimum atomic E-state index is -0.448. The van der Waals surface area contributed by atoms with E-state index in [2.05, 4.69) is 16.2 Å². The summed E-state index contributed by atoms with van der Waals surface area (Å²) >= 11 is 0. The number of rotatable bonds is 2. The normalized spacial score (nSPS) is 22.2. The molecule has 3 N–H and O–H groups in total. The fourth-order valence-electron chi connectivity index (χ4n) is 1.44. The van der Waals surface area contributed by atoms with Crippen molar-refractivity contribution in [1.82, 2.24) is 16.2 Å². The van der Waals surface area contributed by atoms with E-state index in [4.69, 9.17) is 4.74 Å². The average Bonchev–Trinajstić information content (AvgIpc) is 2.14. The summed E-state index contributed by atoms with van der Waals surface area (Å²) in [6.07, 6.45) is 1.78. The third-order valence-electron chi connectivity index (χ3n) is 2.07. The molecule has 5 heteroatoms. The predicted octanol–water partition coefficient (Wildman–Crippen LogP) is 0.768. The molecule has 1 rings (SSSR count). The number of piperidine rings is 1. The van der Waals surface area contributed by atoms with Gasteiger partial charge in [-0.2, -0.15) is 0 Å². The number of ether oxygens (including phenoxy) is 1. The molecule has 0 bridgehead atoms. The van der Waals surface area contributed by atoms with Crippen molar-refractivity contribution < 1.29 is 9.53 Å². The van der Waals surface area contributed by atoms with E-state index < -0.39 is 11.7 Å². The van der Waals surface area contributed by atoms with Gasteiger partial charge in [0.2, 0.25) is 0 Å². The summed E-state index contributed by atoms with van der Waals surface area (Å²) in [5.41, 5.74) is 5.07. The van der Waals surface area contributed by atoms with Crippen LogP contribution in [0.4, 0.5) is 4.79 Å². The standard InChI is InChI=1S/C10H21N3O2/c1-10(2,3)15-9(14)13-12-8-5-4-6-11-7-8/h8,11-12H,4-7H2,1-3H3,(H,13,14)/t8-/m0/s1. The maximum absolute atomic E-state index is 11.3. The van der Waals surface area contributed by atoms with Crippen LogP contribution >= 0.6 is 0 Å². The zero-order chi connectivity index (χ0) is 11.3. The largest absolute Gasteiger partial charge is 0.443 e. The Labute approximate surface area is 90.9 Å². The van der Waals surface area contributed by atoms with Gasteiger partial charge in [0.15, 0.2) is 0 Å². The maximum atomic E-state index is 11.3. The van der Waals surface area contributed by atoms with E-state index in [-0.39, 0.29) is 0 Å². The Morgan fingerprint density at radius 3 is 2.73 bits per heavy atom. The first kappa shape index (κ1) is 12.3. The predicted molar refractivity (Wildman–Crippen MR) is 58.4 cm³/mol. The van der Waals surface area contributed by atoms with E-state index in [0.29, 0.717) is 6.04 Å². The second kappa shape index (κ2) is 5.32. The lowest BCUT2D eigenvalue weighted by Gasteiger charge is -2.25. The van der Waals surface area contributed by atoms with Gasteiger partial charge in [-0.05, 0) is 40.2 Å².